The van der Waals surface area contributed by atoms with Gasteiger partial charge in [-0.3, -0.25) is 0 Å². The number of aliphatic hydroxyl groups excluding tert-OH is 1. The molecule has 0 radical (unpaired) electrons. The molecule has 0 atom stereocenters. The summed E-state index contributed by atoms with van der Waals surface area (Å²) in [6.45, 7) is 1.63. The molecule has 0 aromatic rings. The molecule has 0 aliphatic heterocycles. The van der Waals surface area contributed by atoms with E-state index in [1.165, 1.54) is 0 Å². The van der Waals surface area contributed by atoms with E-state index in [-0.39, 0.29) is 6.61 Å². The number of nitrogens with two attached hydrogens (primary N) is 1. The molecule has 3 heteroatoms. The minimum absolute atomic E-state index is 0.102. The average molecular weight is 119 g/mol. The Labute approximate surface area is 48.4 Å². The van der Waals surface area contributed by atoms with Gasteiger partial charge in [0.05, 0.1) is 6.61 Å². The Morgan fingerprint density at radius 3 is 2.29 bits per heavy atom. The van der Waals surface area contributed by atoms with Gasteiger partial charge in [-0.15, -0.1) is 12.6 Å². The molecule has 0 bridgehead atoms. The summed E-state index contributed by atoms with van der Waals surface area (Å²) in [5, 5.41) is 8.27. The molecule has 0 aromatic heterocycles. The van der Waals surface area contributed by atoms with Crippen molar-refractivity contribution < 1.29 is 5.11 Å². The first-order valence-corrected chi connectivity index (χ1v) is 2.38. The van der Waals surface area contributed by atoms with Crippen molar-refractivity contribution in [3.63, 3.8) is 0 Å². The summed E-state index contributed by atoms with van der Waals surface area (Å²) in [7, 11) is 0. The largest absolute Gasteiger partial charge is 0.400 e. The van der Waals surface area contributed by atoms with E-state index in [2.05, 4.69) is 12.6 Å². The van der Waals surface area contributed by atoms with Crippen LogP contribution in [-0.4, -0.2) is 11.7 Å². The van der Waals surface area contributed by atoms with Gasteiger partial charge in [-0.2, -0.15) is 0 Å². The van der Waals surface area contributed by atoms with Crippen molar-refractivity contribution in [2.24, 2.45) is 5.73 Å². The van der Waals surface area contributed by atoms with E-state index in [4.69, 9.17) is 10.8 Å². The van der Waals surface area contributed by atoms with Crippen LogP contribution in [0.3, 0.4) is 0 Å². The molecule has 0 aliphatic carbocycles. The first kappa shape index (κ1) is 6.85. The molecule has 0 fully saturated rings. The van der Waals surface area contributed by atoms with Crippen molar-refractivity contribution in [3.05, 3.63) is 10.6 Å². The van der Waals surface area contributed by atoms with Gasteiger partial charge in [0.15, 0.2) is 0 Å². The quantitative estimate of drug-likeness (QED) is 0.429. The van der Waals surface area contributed by atoms with E-state index in [1.54, 1.807) is 6.92 Å². The summed E-state index contributed by atoms with van der Waals surface area (Å²) in [4.78, 5) is 0.683. The third-order valence-corrected chi connectivity index (χ3v) is 0.922. The minimum atomic E-state index is -0.102. The fraction of sp³-hybridized carbons (Fsp3) is 0.500. The van der Waals surface area contributed by atoms with Crippen LogP contribution in [-0.2, 0) is 0 Å². The molecule has 0 saturated carbocycles. The molecular weight excluding hydrogens is 110 g/mol. The van der Waals surface area contributed by atoms with Gasteiger partial charge in [0.25, 0.3) is 0 Å². The highest BCUT2D eigenvalue weighted by atomic mass is 32.1. The summed E-state index contributed by atoms with van der Waals surface area (Å²) in [6.07, 6.45) is 0. The zero-order valence-electron chi connectivity index (χ0n) is 4.18. The molecule has 0 rings (SSSR count). The Hall–Kier alpha value is -0.150. The van der Waals surface area contributed by atoms with E-state index in [0.29, 0.717) is 10.6 Å². The number of hydrogen-bond acceptors (Lipinski definition) is 3. The Balaban J connectivity index is 3.72. The Bertz CT molecular complexity index is 85.7. The number of allylic oxidation sites excluding steroid dienone is 1. The lowest BCUT2D eigenvalue weighted by atomic mass is 10.4. The highest BCUT2D eigenvalue weighted by Crippen LogP contribution is 1.99. The lowest BCUT2D eigenvalue weighted by Crippen LogP contribution is -2.02. The van der Waals surface area contributed by atoms with Gasteiger partial charge in [0.1, 0.15) is 0 Å². The molecule has 0 unspecified atom stereocenters. The molecule has 3 N–H and O–H groups in total. The highest BCUT2D eigenvalue weighted by molar-refractivity contribution is 7.84. The molecule has 0 aromatic carbocycles. The van der Waals surface area contributed by atoms with Crippen LogP contribution in [0.4, 0.5) is 0 Å². The second-order valence-corrected chi connectivity index (χ2v) is 1.94. The monoisotopic (exact) mass is 119 g/mol. The SMILES string of the molecule is C/C(S)=C(/N)CO. The predicted octanol–water partition coefficient (Wildman–Crippen LogP) is 0.0987. The van der Waals surface area contributed by atoms with E-state index in [0.717, 1.165) is 0 Å². The molecule has 7 heavy (non-hydrogen) atoms. The smallest absolute Gasteiger partial charge is 0.0833 e. The summed E-state index contributed by atoms with van der Waals surface area (Å²) < 4.78 is 0. The van der Waals surface area contributed by atoms with Gasteiger partial charge >= 0.3 is 0 Å². The number of aliphatic hydroxyl groups is 1. The minimum Gasteiger partial charge on any atom is -0.400 e. The lowest BCUT2D eigenvalue weighted by Gasteiger charge is -1.93. The van der Waals surface area contributed by atoms with Gasteiger partial charge in [-0.25, -0.2) is 0 Å². The lowest BCUT2D eigenvalue weighted by molar-refractivity contribution is 0.329. The van der Waals surface area contributed by atoms with Crippen LogP contribution in [0, 0.1) is 0 Å². The zero-order valence-corrected chi connectivity index (χ0v) is 5.07. The average Bonchev–Trinajstić information content (AvgIpc) is 1.65. The number of rotatable bonds is 1. The molecular formula is C4H9NOS. The Morgan fingerprint density at radius 2 is 2.29 bits per heavy atom. The maximum Gasteiger partial charge on any atom is 0.0833 e. The normalized spacial score (nSPS) is 13.6. The maximum absolute atomic E-state index is 8.27. The molecule has 0 saturated heterocycles. The van der Waals surface area contributed by atoms with Crippen molar-refractivity contribution in [2.45, 2.75) is 6.92 Å². The molecule has 2 nitrogen and oxygen atoms in total. The first-order valence-electron chi connectivity index (χ1n) is 1.93. The van der Waals surface area contributed by atoms with Crippen molar-refractivity contribution in [1.82, 2.24) is 0 Å². The second-order valence-electron chi connectivity index (χ2n) is 1.27. The van der Waals surface area contributed by atoms with Crippen LogP contribution in [0.1, 0.15) is 6.92 Å². The van der Waals surface area contributed by atoms with Crippen LogP contribution in [0.5, 0.6) is 0 Å². The van der Waals surface area contributed by atoms with Crippen molar-refractivity contribution in [3.8, 4) is 0 Å². The molecule has 0 heterocycles. The van der Waals surface area contributed by atoms with Crippen LogP contribution < -0.4 is 5.73 Å². The third kappa shape index (κ3) is 2.53. The van der Waals surface area contributed by atoms with E-state index < -0.39 is 0 Å². The second kappa shape index (κ2) is 2.93. The van der Waals surface area contributed by atoms with E-state index in [1.807, 2.05) is 0 Å². The van der Waals surface area contributed by atoms with Crippen LogP contribution in [0.25, 0.3) is 0 Å². The fourth-order valence-electron chi connectivity index (χ4n) is 0.114. The van der Waals surface area contributed by atoms with Crippen molar-refractivity contribution in [2.75, 3.05) is 6.61 Å². The van der Waals surface area contributed by atoms with E-state index >= 15 is 0 Å². The first-order chi connectivity index (χ1) is 3.18. The molecule has 0 spiro atoms. The Kier molecular flexibility index (Phi) is 2.87. The fourth-order valence-corrected chi connectivity index (χ4v) is 0.185. The Morgan fingerprint density at radius 1 is 1.86 bits per heavy atom. The van der Waals surface area contributed by atoms with Gasteiger partial charge in [0.2, 0.25) is 0 Å². The van der Waals surface area contributed by atoms with Gasteiger partial charge in [0, 0.05) is 5.70 Å². The van der Waals surface area contributed by atoms with Gasteiger partial charge < -0.3 is 10.8 Å². The van der Waals surface area contributed by atoms with Crippen molar-refractivity contribution in [1.29, 1.82) is 0 Å². The third-order valence-electron chi connectivity index (χ3n) is 0.635. The summed E-state index contributed by atoms with van der Waals surface area (Å²) in [6, 6.07) is 0. The van der Waals surface area contributed by atoms with Crippen LogP contribution >= 0.6 is 12.6 Å². The van der Waals surface area contributed by atoms with E-state index in [9.17, 15) is 0 Å². The summed E-state index contributed by atoms with van der Waals surface area (Å²) in [5.41, 5.74) is 5.60. The van der Waals surface area contributed by atoms with Gasteiger partial charge in [-0.1, -0.05) is 0 Å². The standard InChI is InChI=1S/C4H9NOS/c1-3(7)4(5)2-6/h6-7H,2,5H2,1H3/b4-3-. The summed E-state index contributed by atoms with van der Waals surface area (Å²) in [5.74, 6) is 0. The molecule has 0 aliphatic rings. The van der Waals surface area contributed by atoms with Crippen LogP contribution in [0.15, 0.2) is 10.6 Å². The molecule has 42 valence electrons. The number of thiol groups is 1. The van der Waals surface area contributed by atoms with Crippen LogP contribution in [0.2, 0.25) is 0 Å². The number of hydrogen-bond donors (Lipinski definition) is 3. The predicted molar refractivity (Wildman–Crippen MR) is 33.0 cm³/mol. The zero-order chi connectivity index (χ0) is 5.86. The highest BCUT2D eigenvalue weighted by Gasteiger charge is 1.86. The van der Waals surface area contributed by atoms with Gasteiger partial charge in [-0.05, 0) is 11.8 Å². The summed E-state index contributed by atoms with van der Waals surface area (Å²) >= 11 is 3.87. The topological polar surface area (TPSA) is 46.2 Å². The van der Waals surface area contributed by atoms with Crippen molar-refractivity contribution >= 4 is 12.6 Å². The maximum atomic E-state index is 8.27. The molecule has 0 amide bonds.